The van der Waals surface area contributed by atoms with Gasteiger partial charge in [-0.1, -0.05) is 39.8 Å². The Kier molecular flexibility index (Phi) is 14.3. The molecule has 360 valence electrons. The molecule has 0 spiro atoms. The fourth-order valence-electron chi connectivity index (χ4n) is 9.97. The Morgan fingerprint density at radius 1 is 1.06 bits per heavy atom. The van der Waals surface area contributed by atoms with Crippen molar-refractivity contribution in [1.29, 1.82) is 0 Å². The third-order valence-corrected chi connectivity index (χ3v) is 13.4. The monoisotopic (exact) mass is 923 g/mol. The quantitative estimate of drug-likeness (QED) is 0.157. The fraction of sp³-hybridized carbons (Fsp3) is 0.520. The molecule has 4 amide bonds. The summed E-state index contributed by atoms with van der Waals surface area (Å²) in [6, 6.07) is 12.8. The molecule has 2 fully saturated rings. The normalized spacial score (nSPS) is 22.0. The van der Waals surface area contributed by atoms with Gasteiger partial charge >= 0.3 is 12.1 Å². The highest BCUT2D eigenvalue weighted by atomic mass is 16.6. The molecule has 2 saturated heterocycles. The summed E-state index contributed by atoms with van der Waals surface area (Å²) < 4.78 is 18.8. The zero-order valence-corrected chi connectivity index (χ0v) is 40.1. The van der Waals surface area contributed by atoms with Gasteiger partial charge < -0.3 is 44.1 Å². The van der Waals surface area contributed by atoms with Crippen LogP contribution in [0.4, 0.5) is 4.79 Å². The first kappa shape index (κ1) is 48.9. The largest absolute Gasteiger partial charge is 0.508 e. The Balaban J connectivity index is 1.32. The molecule has 3 aliphatic rings. The van der Waals surface area contributed by atoms with E-state index in [-0.39, 0.29) is 56.7 Å². The number of aromatic nitrogens is 2. The van der Waals surface area contributed by atoms with Crippen molar-refractivity contribution in [2.45, 2.75) is 104 Å². The summed E-state index contributed by atoms with van der Waals surface area (Å²) in [7, 11) is 4.47. The summed E-state index contributed by atoms with van der Waals surface area (Å²) in [6.45, 7) is 12.7. The zero-order valence-electron chi connectivity index (χ0n) is 40.1. The molecule has 17 heteroatoms. The molecule has 2 aromatic carbocycles. The maximum absolute atomic E-state index is 14.7. The molecule has 2 aromatic heterocycles. The van der Waals surface area contributed by atoms with Crippen LogP contribution in [0.25, 0.3) is 33.3 Å². The summed E-state index contributed by atoms with van der Waals surface area (Å²) in [5, 5.41) is 28.2. The third kappa shape index (κ3) is 10.00. The zero-order chi connectivity index (χ0) is 48.5. The second kappa shape index (κ2) is 19.7. The predicted octanol–water partition coefficient (Wildman–Crippen LogP) is 5.34. The minimum Gasteiger partial charge on any atom is -0.508 e. The molecular weight excluding hydrogens is 859 g/mol. The highest BCUT2D eigenvalue weighted by Crippen LogP contribution is 2.42. The Bertz CT molecular complexity index is 2540. The molecule has 0 saturated carbocycles. The van der Waals surface area contributed by atoms with Gasteiger partial charge in [-0.3, -0.25) is 24.4 Å². The van der Waals surface area contributed by atoms with Gasteiger partial charge in [-0.15, -0.1) is 0 Å². The van der Waals surface area contributed by atoms with Crippen molar-refractivity contribution < 1.29 is 48.4 Å². The van der Waals surface area contributed by atoms with Crippen LogP contribution in [0.15, 0.2) is 54.7 Å². The molecule has 17 nitrogen and oxygen atoms in total. The van der Waals surface area contributed by atoms with Crippen LogP contribution >= 0.6 is 0 Å². The number of carbonyl (C=O) groups is 5. The van der Waals surface area contributed by atoms with Crippen LogP contribution < -0.4 is 10.7 Å². The minimum atomic E-state index is -2.27. The van der Waals surface area contributed by atoms with Crippen LogP contribution in [0.3, 0.4) is 0 Å². The van der Waals surface area contributed by atoms with E-state index in [4.69, 9.17) is 19.2 Å². The molecular formula is C50H65N7O10. The minimum absolute atomic E-state index is 0.0434. The standard InChI is InChI=1S/C50H65N7O10/c1-10-56-40-15-14-32-25-37(40)38(43(56)36-13-11-18-51-41(36)30(4)65-8)26-49(5,6)28-67-47(62)50(64)17-12-19-57(53-50)46(61)39(23-31-21-34(32)24-35(58)22-31)52-44(59)42(29(2)3)54(7)45(60)33-16-20-55(27-33)48(63)66-9/h11,13-15,18,21-22,24-25,29-30,33,39,42,53,58,64H,10,12,16-17,19-20,23,26-28H2,1-9H3,(H,52,59)/t30-,33+,39-,42-,50-/m0/s1. The number of cyclic esters (lactones) is 1. The summed E-state index contributed by atoms with van der Waals surface area (Å²) in [5.74, 6) is -3.54. The molecule has 0 radical (unpaired) electrons. The topological polar surface area (TPSA) is 205 Å². The van der Waals surface area contributed by atoms with Crippen LogP contribution in [-0.4, -0.2) is 130 Å². The van der Waals surface area contributed by atoms with E-state index in [1.165, 1.54) is 30.0 Å². The second-order valence-corrected chi connectivity index (χ2v) is 19.3. The molecule has 7 rings (SSSR count). The number of hydrogen-bond donors (Lipinski definition) is 4. The van der Waals surface area contributed by atoms with Gasteiger partial charge in [0.25, 0.3) is 5.91 Å². The molecule has 5 atom stereocenters. The lowest BCUT2D eigenvalue weighted by Crippen LogP contribution is -2.67. The Morgan fingerprint density at radius 2 is 1.82 bits per heavy atom. The lowest BCUT2D eigenvalue weighted by Gasteiger charge is -2.40. The molecule has 0 unspecified atom stereocenters. The van der Waals surface area contributed by atoms with E-state index in [1.807, 2.05) is 45.0 Å². The Labute approximate surface area is 391 Å². The van der Waals surface area contributed by atoms with Crippen molar-refractivity contribution >= 4 is 40.7 Å². The Morgan fingerprint density at radius 3 is 2.52 bits per heavy atom. The SMILES string of the molecule is CCn1c(-c2cccnc2[C@H](C)OC)c2c3cc(ccc31)-c1cc(O)cc(c1)C[C@H](NC(=O)[C@H](C(C)C)N(C)C(=O)[C@@H]1CCN(C(=O)OC)C1)C(=O)N1CCC[C@@](O)(N1)C(=O)OCC(C)(C)C2. The highest BCUT2D eigenvalue weighted by molar-refractivity contribution is 5.96. The average Bonchev–Trinajstić information content (AvgIpc) is 3.92. The van der Waals surface area contributed by atoms with Gasteiger partial charge in [0.05, 0.1) is 37.1 Å². The van der Waals surface area contributed by atoms with E-state index in [9.17, 15) is 34.2 Å². The first-order valence-corrected chi connectivity index (χ1v) is 23.1. The number of pyridine rings is 1. The van der Waals surface area contributed by atoms with Gasteiger partial charge in [-0.25, -0.2) is 9.59 Å². The van der Waals surface area contributed by atoms with E-state index in [0.29, 0.717) is 37.1 Å². The van der Waals surface area contributed by atoms with Crippen LogP contribution in [0.2, 0.25) is 0 Å². The number of hydrazine groups is 1. The fourth-order valence-corrected chi connectivity index (χ4v) is 9.97. The van der Waals surface area contributed by atoms with Crippen molar-refractivity contribution in [3.8, 4) is 28.1 Å². The van der Waals surface area contributed by atoms with E-state index < -0.39 is 58.9 Å². The van der Waals surface area contributed by atoms with Gasteiger partial charge in [0.15, 0.2) is 0 Å². The Hall–Kier alpha value is -6.04. The molecule has 4 N–H and O–H groups in total. The number of likely N-dealkylation sites (tertiary alicyclic amines) is 1. The lowest BCUT2D eigenvalue weighted by molar-refractivity contribution is -0.189. The van der Waals surface area contributed by atoms with E-state index in [1.54, 1.807) is 33.2 Å². The van der Waals surface area contributed by atoms with Crippen LogP contribution in [0, 0.1) is 17.3 Å². The number of phenolic OH excluding ortho intramolecular Hbond substituents is 1. The summed E-state index contributed by atoms with van der Waals surface area (Å²) in [6.07, 6.45) is 1.83. The third-order valence-electron chi connectivity index (χ3n) is 13.4. The number of rotatable bonds is 9. The number of amides is 4. The van der Waals surface area contributed by atoms with Gasteiger partial charge in [0, 0.05) is 81.3 Å². The van der Waals surface area contributed by atoms with Gasteiger partial charge in [0.1, 0.15) is 17.8 Å². The molecule has 0 aliphatic carbocycles. The maximum Gasteiger partial charge on any atom is 0.409 e. The van der Waals surface area contributed by atoms with Crippen molar-refractivity contribution in [2.24, 2.45) is 17.3 Å². The first-order valence-electron chi connectivity index (χ1n) is 23.1. The van der Waals surface area contributed by atoms with Crippen LogP contribution in [0.1, 0.15) is 83.7 Å². The van der Waals surface area contributed by atoms with Gasteiger partial charge in [-0.2, -0.15) is 5.43 Å². The number of methoxy groups -OCH3 is 2. The van der Waals surface area contributed by atoms with Crippen molar-refractivity contribution in [3.63, 3.8) is 0 Å². The molecule has 5 heterocycles. The van der Waals surface area contributed by atoms with Crippen molar-refractivity contribution in [1.82, 2.24) is 35.1 Å². The van der Waals surface area contributed by atoms with E-state index in [0.717, 1.165) is 44.0 Å². The van der Waals surface area contributed by atoms with Gasteiger partial charge in [-0.05, 0) is 97.7 Å². The number of aryl methyl sites for hydroxylation is 1. The number of benzene rings is 2. The summed E-state index contributed by atoms with van der Waals surface area (Å²) in [4.78, 5) is 76.9. The van der Waals surface area contributed by atoms with Crippen molar-refractivity contribution in [3.05, 3.63) is 71.5 Å². The number of fused-ring (bicyclic) bond motifs is 6. The van der Waals surface area contributed by atoms with E-state index in [2.05, 4.69) is 34.4 Å². The average molecular weight is 924 g/mol. The van der Waals surface area contributed by atoms with Crippen molar-refractivity contribution in [2.75, 3.05) is 47.5 Å². The number of nitrogens with one attached hydrogen (secondary N) is 2. The molecule has 67 heavy (non-hydrogen) atoms. The number of hydrogen-bond acceptors (Lipinski definition) is 12. The number of carbonyl (C=O) groups excluding carboxylic acids is 5. The summed E-state index contributed by atoms with van der Waals surface area (Å²) >= 11 is 0. The molecule has 6 bridgehead atoms. The maximum atomic E-state index is 14.7. The number of aliphatic hydroxyl groups is 1. The number of nitrogens with zero attached hydrogens (tertiary/aromatic N) is 5. The lowest BCUT2D eigenvalue weighted by atomic mass is 9.84. The second-order valence-electron chi connectivity index (χ2n) is 19.3. The number of ether oxygens (including phenoxy) is 3. The highest BCUT2D eigenvalue weighted by Gasteiger charge is 2.46. The number of aromatic hydroxyl groups is 1. The van der Waals surface area contributed by atoms with Crippen LogP contribution in [0.5, 0.6) is 5.75 Å². The molecule has 4 aromatic rings. The number of likely N-dealkylation sites (N-methyl/N-ethyl adjacent to an activating group) is 1. The first-order chi connectivity index (χ1) is 31.8. The van der Waals surface area contributed by atoms with Gasteiger partial charge in [0.2, 0.25) is 17.5 Å². The number of esters is 1. The van der Waals surface area contributed by atoms with Crippen LogP contribution in [-0.2, 0) is 52.8 Å². The summed E-state index contributed by atoms with van der Waals surface area (Å²) in [5.41, 5.74) is 6.35. The smallest absolute Gasteiger partial charge is 0.409 e. The van der Waals surface area contributed by atoms with E-state index >= 15 is 0 Å². The number of phenols is 1. The molecule has 3 aliphatic heterocycles. The predicted molar refractivity (Wildman–Crippen MR) is 250 cm³/mol.